The molecule has 170 valence electrons. The Balaban J connectivity index is 1.48. The number of hydrogen-bond acceptors (Lipinski definition) is 8. The molecule has 0 unspecified atom stereocenters. The van der Waals surface area contributed by atoms with Crippen LogP contribution in [0.2, 0.25) is 0 Å². The van der Waals surface area contributed by atoms with E-state index in [1.54, 1.807) is 14.0 Å². The molecule has 0 atom stereocenters. The average Bonchev–Trinajstić information content (AvgIpc) is 3.14. The lowest BCUT2D eigenvalue weighted by atomic mass is 10.2. The molecule has 3 heterocycles. The molecular formula is C19H28N6O6. The predicted octanol–water partition coefficient (Wildman–Crippen LogP) is -1.46. The van der Waals surface area contributed by atoms with E-state index in [1.807, 2.05) is 4.90 Å². The van der Waals surface area contributed by atoms with Crippen molar-refractivity contribution in [1.82, 2.24) is 24.5 Å². The maximum Gasteiger partial charge on any atom is 0.343 e. The van der Waals surface area contributed by atoms with Crippen LogP contribution in [-0.2, 0) is 30.9 Å². The van der Waals surface area contributed by atoms with Gasteiger partial charge in [-0.1, -0.05) is 0 Å². The minimum Gasteiger partial charge on any atom is -0.462 e. The lowest BCUT2D eigenvalue weighted by Crippen LogP contribution is -2.55. The molecule has 0 spiro atoms. The summed E-state index contributed by atoms with van der Waals surface area (Å²) in [6.45, 7) is 5.39. The number of piperazine rings is 1. The fourth-order valence-corrected chi connectivity index (χ4v) is 3.46. The van der Waals surface area contributed by atoms with Crippen molar-refractivity contribution < 1.29 is 28.7 Å². The Bertz CT molecular complexity index is 826. The summed E-state index contributed by atoms with van der Waals surface area (Å²) in [7, 11) is 1.62. The summed E-state index contributed by atoms with van der Waals surface area (Å²) >= 11 is 0. The molecule has 31 heavy (non-hydrogen) atoms. The molecule has 12 heteroatoms. The Kier molecular flexibility index (Phi) is 7.58. The van der Waals surface area contributed by atoms with Crippen LogP contribution in [0.4, 0.5) is 5.82 Å². The normalized spacial score (nSPS) is 17.4. The van der Waals surface area contributed by atoms with Gasteiger partial charge in [-0.05, 0) is 6.92 Å². The number of aryl methyl sites for hydroxylation is 1. The molecule has 2 aliphatic heterocycles. The fraction of sp³-hybridized carbons (Fsp3) is 0.632. The molecule has 0 saturated carbocycles. The van der Waals surface area contributed by atoms with Crippen LogP contribution in [0.25, 0.3) is 0 Å². The first kappa shape index (κ1) is 22.7. The van der Waals surface area contributed by atoms with E-state index < -0.39 is 17.8 Å². The highest BCUT2D eigenvalue weighted by Crippen LogP contribution is 2.15. The first-order valence-corrected chi connectivity index (χ1v) is 10.3. The van der Waals surface area contributed by atoms with Crippen molar-refractivity contribution in [1.29, 1.82) is 0 Å². The standard InChI is InChI=1S/C19H28N6O6/c1-3-31-19(29)14-12-20-22(2)16(14)21-15(26)13-23-4-6-24(7-5-23)17(27)18(28)25-8-10-30-11-9-25/h12H,3-11,13H2,1-2H3,(H,21,26). The molecule has 1 aromatic heterocycles. The predicted molar refractivity (Wildman–Crippen MR) is 108 cm³/mol. The Morgan fingerprint density at radius 1 is 1.03 bits per heavy atom. The molecule has 3 rings (SSSR count). The van der Waals surface area contributed by atoms with Crippen LogP contribution in [0.5, 0.6) is 0 Å². The van der Waals surface area contributed by atoms with Crippen molar-refractivity contribution in [2.24, 2.45) is 7.05 Å². The number of amides is 3. The lowest BCUT2D eigenvalue weighted by molar-refractivity contribution is -0.155. The van der Waals surface area contributed by atoms with E-state index in [9.17, 15) is 19.2 Å². The fourth-order valence-electron chi connectivity index (χ4n) is 3.46. The summed E-state index contributed by atoms with van der Waals surface area (Å²) in [5.74, 6) is -1.60. The monoisotopic (exact) mass is 436 g/mol. The van der Waals surface area contributed by atoms with Gasteiger partial charge in [-0.15, -0.1) is 0 Å². The van der Waals surface area contributed by atoms with Gasteiger partial charge in [0.2, 0.25) is 5.91 Å². The SMILES string of the molecule is CCOC(=O)c1cnn(C)c1NC(=O)CN1CCN(C(=O)C(=O)N2CCOCC2)CC1. The molecule has 1 N–H and O–H groups in total. The molecule has 0 aromatic carbocycles. The van der Waals surface area contributed by atoms with Crippen LogP contribution < -0.4 is 5.32 Å². The Hall–Kier alpha value is -2.99. The van der Waals surface area contributed by atoms with E-state index in [0.29, 0.717) is 52.5 Å². The van der Waals surface area contributed by atoms with E-state index in [-0.39, 0.29) is 30.4 Å². The topological polar surface area (TPSA) is 126 Å². The quantitative estimate of drug-likeness (QED) is 0.438. The first-order valence-electron chi connectivity index (χ1n) is 10.3. The summed E-state index contributed by atoms with van der Waals surface area (Å²) in [6, 6.07) is 0. The van der Waals surface area contributed by atoms with Gasteiger partial charge in [-0.3, -0.25) is 24.0 Å². The van der Waals surface area contributed by atoms with Crippen LogP contribution in [0.3, 0.4) is 0 Å². The van der Waals surface area contributed by atoms with Gasteiger partial charge in [0.05, 0.1) is 32.6 Å². The van der Waals surface area contributed by atoms with Crippen molar-refractivity contribution in [2.75, 3.05) is 71.0 Å². The third kappa shape index (κ3) is 5.58. The van der Waals surface area contributed by atoms with E-state index in [1.165, 1.54) is 20.7 Å². The zero-order valence-corrected chi connectivity index (χ0v) is 17.8. The molecule has 12 nitrogen and oxygen atoms in total. The van der Waals surface area contributed by atoms with Crippen LogP contribution in [-0.4, -0.2) is 114 Å². The minimum atomic E-state index is -0.553. The van der Waals surface area contributed by atoms with Crippen molar-refractivity contribution in [3.63, 3.8) is 0 Å². The highest BCUT2D eigenvalue weighted by atomic mass is 16.5. The number of nitrogens with one attached hydrogen (secondary N) is 1. The molecule has 3 amide bonds. The molecule has 0 aliphatic carbocycles. The number of rotatable bonds is 5. The van der Waals surface area contributed by atoms with Crippen molar-refractivity contribution in [3.8, 4) is 0 Å². The van der Waals surface area contributed by atoms with Gasteiger partial charge in [0, 0.05) is 46.3 Å². The summed E-state index contributed by atoms with van der Waals surface area (Å²) in [4.78, 5) is 54.3. The van der Waals surface area contributed by atoms with E-state index in [4.69, 9.17) is 9.47 Å². The van der Waals surface area contributed by atoms with Crippen molar-refractivity contribution in [2.45, 2.75) is 6.92 Å². The summed E-state index contributed by atoms with van der Waals surface area (Å²) in [5, 5.41) is 6.71. The highest BCUT2D eigenvalue weighted by Gasteiger charge is 2.31. The second kappa shape index (κ2) is 10.4. The Morgan fingerprint density at radius 2 is 1.65 bits per heavy atom. The maximum absolute atomic E-state index is 12.5. The van der Waals surface area contributed by atoms with Gasteiger partial charge >= 0.3 is 17.8 Å². The number of aromatic nitrogens is 2. The second-order valence-electron chi connectivity index (χ2n) is 7.27. The molecule has 1 aromatic rings. The third-order valence-electron chi connectivity index (χ3n) is 5.20. The highest BCUT2D eigenvalue weighted by molar-refractivity contribution is 6.34. The summed E-state index contributed by atoms with van der Waals surface area (Å²) < 4.78 is 11.6. The van der Waals surface area contributed by atoms with E-state index >= 15 is 0 Å². The number of ether oxygens (including phenoxy) is 2. The number of carbonyl (C=O) groups excluding carboxylic acids is 4. The van der Waals surface area contributed by atoms with Crippen molar-refractivity contribution >= 4 is 29.5 Å². The second-order valence-corrected chi connectivity index (χ2v) is 7.27. The van der Waals surface area contributed by atoms with Gasteiger partial charge in [-0.2, -0.15) is 5.10 Å². The summed E-state index contributed by atoms with van der Waals surface area (Å²) in [5.41, 5.74) is 0.190. The van der Waals surface area contributed by atoms with Crippen LogP contribution in [0.15, 0.2) is 6.20 Å². The molecule has 0 radical (unpaired) electrons. The van der Waals surface area contributed by atoms with Gasteiger partial charge in [0.25, 0.3) is 0 Å². The number of morpholine rings is 1. The lowest BCUT2D eigenvalue weighted by Gasteiger charge is -2.35. The zero-order chi connectivity index (χ0) is 22.4. The Labute approximate surface area is 180 Å². The molecule has 2 aliphatic rings. The van der Waals surface area contributed by atoms with Gasteiger partial charge in [-0.25, -0.2) is 4.79 Å². The smallest absolute Gasteiger partial charge is 0.343 e. The number of anilines is 1. The van der Waals surface area contributed by atoms with Crippen molar-refractivity contribution in [3.05, 3.63) is 11.8 Å². The molecular weight excluding hydrogens is 408 g/mol. The molecule has 2 fully saturated rings. The Morgan fingerprint density at radius 3 is 2.26 bits per heavy atom. The first-order chi connectivity index (χ1) is 14.9. The summed E-state index contributed by atoms with van der Waals surface area (Å²) in [6.07, 6.45) is 1.35. The number of carbonyl (C=O) groups is 4. The van der Waals surface area contributed by atoms with Gasteiger partial charge in [0.1, 0.15) is 11.4 Å². The van der Waals surface area contributed by atoms with Gasteiger partial charge < -0.3 is 24.6 Å². The molecule has 2 saturated heterocycles. The van der Waals surface area contributed by atoms with Crippen LogP contribution >= 0.6 is 0 Å². The van der Waals surface area contributed by atoms with E-state index in [0.717, 1.165) is 0 Å². The number of esters is 1. The zero-order valence-electron chi connectivity index (χ0n) is 17.8. The largest absolute Gasteiger partial charge is 0.462 e. The molecule has 0 bridgehead atoms. The van der Waals surface area contributed by atoms with Crippen LogP contribution in [0.1, 0.15) is 17.3 Å². The maximum atomic E-state index is 12.5. The third-order valence-corrected chi connectivity index (χ3v) is 5.20. The van der Waals surface area contributed by atoms with Crippen LogP contribution in [0, 0.1) is 0 Å². The average molecular weight is 436 g/mol. The number of hydrogen-bond donors (Lipinski definition) is 1. The minimum absolute atomic E-state index is 0.0902. The number of nitrogens with zero attached hydrogens (tertiary/aromatic N) is 5. The van der Waals surface area contributed by atoms with E-state index in [2.05, 4.69) is 10.4 Å². The van der Waals surface area contributed by atoms with Gasteiger partial charge in [0.15, 0.2) is 0 Å².